The third-order valence-electron chi connectivity index (χ3n) is 4.06. The largest absolute Gasteiger partial charge is 0.346 e. The van der Waals surface area contributed by atoms with E-state index in [1.165, 1.54) is 19.3 Å². The Bertz CT molecular complexity index is 237. The topological polar surface area (TPSA) is 46.3 Å². The minimum Gasteiger partial charge on any atom is -0.346 e. The summed E-state index contributed by atoms with van der Waals surface area (Å²) < 4.78 is 0. The van der Waals surface area contributed by atoms with Gasteiger partial charge in [0.05, 0.1) is 0 Å². The van der Waals surface area contributed by atoms with Crippen LogP contribution >= 0.6 is 0 Å². The standard InChI is InChI=1S/C15H30N2O/c1-3-8-14(16)11-7-12-17(2)15(18)13-9-5-4-6-10-13/h13-14H,3-12,16H2,1-2H3. The van der Waals surface area contributed by atoms with Crippen LogP contribution in [0.3, 0.4) is 0 Å². The van der Waals surface area contributed by atoms with E-state index in [9.17, 15) is 4.79 Å². The molecule has 1 unspecified atom stereocenters. The zero-order valence-corrected chi connectivity index (χ0v) is 12.2. The van der Waals surface area contributed by atoms with Gasteiger partial charge in [-0.1, -0.05) is 32.6 Å². The fourth-order valence-electron chi connectivity index (χ4n) is 2.88. The van der Waals surface area contributed by atoms with Crippen molar-refractivity contribution in [2.24, 2.45) is 11.7 Å². The van der Waals surface area contributed by atoms with Crippen LogP contribution in [0.1, 0.15) is 64.7 Å². The van der Waals surface area contributed by atoms with Crippen LogP contribution in [0.4, 0.5) is 0 Å². The van der Waals surface area contributed by atoms with Gasteiger partial charge in [-0.15, -0.1) is 0 Å². The predicted molar refractivity (Wildman–Crippen MR) is 76.3 cm³/mol. The van der Waals surface area contributed by atoms with Crippen molar-refractivity contribution in [3.63, 3.8) is 0 Å². The maximum Gasteiger partial charge on any atom is 0.225 e. The van der Waals surface area contributed by atoms with Crippen molar-refractivity contribution in [2.45, 2.75) is 70.8 Å². The van der Waals surface area contributed by atoms with Gasteiger partial charge in [-0.3, -0.25) is 4.79 Å². The van der Waals surface area contributed by atoms with Crippen molar-refractivity contribution >= 4 is 5.91 Å². The Morgan fingerprint density at radius 2 is 1.94 bits per heavy atom. The van der Waals surface area contributed by atoms with E-state index in [1.807, 2.05) is 11.9 Å². The van der Waals surface area contributed by atoms with Gasteiger partial charge in [0.25, 0.3) is 0 Å². The summed E-state index contributed by atoms with van der Waals surface area (Å²) in [4.78, 5) is 14.1. The molecule has 0 aliphatic heterocycles. The van der Waals surface area contributed by atoms with Crippen LogP contribution in [0.2, 0.25) is 0 Å². The zero-order chi connectivity index (χ0) is 13.4. The molecule has 1 fully saturated rings. The van der Waals surface area contributed by atoms with Gasteiger partial charge >= 0.3 is 0 Å². The molecule has 3 nitrogen and oxygen atoms in total. The molecule has 1 saturated carbocycles. The molecule has 1 rings (SSSR count). The van der Waals surface area contributed by atoms with E-state index in [4.69, 9.17) is 5.73 Å². The fraction of sp³-hybridized carbons (Fsp3) is 0.933. The molecule has 0 radical (unpaired) electrons. The first-order valence-electron chi connectivity index (χ1n) is 7.65. The van der Waals surface area contributed by atoms with Crippen molar-refractivity contribution in [1.29, 1.82) is 0 Å². The Morgan fingerprint density at radius 3 is 2.56 bits per heavy atom. The molecule has 18 heavy (non-hydrogen) atoms. The molecular weight excluding hydrogens is 224 g/mol. The van der Waals surface area contributed by atoms with E-state index in [-0.39, 0.29) is 0 Å². The number of rotatable bonds is 7. The van der Waals surface area contributed by atoms with Crippen LogP contribution in [0, 0.1) is 5.92 Å². The molecule has 1 atom stereocenters. The van der Waals surface area contributed by atoms with Gasteiger partial charge in [-0.25, -0.2) is 0 Å². The van der Waals surface area contributed by atoms with Gasteiger partial charge in [0.2, 0.25) is 5.91 Å². The van der Waals surface area contributed by atoms with Crippen molar-refractivity contribution < 1.29 is 4.79 Å². The maximum absolute atomic E-state index is 12.2. The van der Waals surface area contributed by atoms with Gasteiger partial charge < -0.3 is 10.6 Å². The molecule has 0 bridgehead atoms. The Morgan fingerprint density at radius 1 is 1.28 bits per heavy atom. The zero-order valence-electron chi connectivity index (χ0n) is 12.2. The number of nitrogens with zero attached hydrogens (tertiary/aromatic N) is 1. The van der Waals surface area contributed by atoms with E-state index in [0.29, 0.717) is 17.9 Å². The third-order valence-corrected chi connectivity index (χ3v) is 4.06. The molecule has 3 heteroatoms. The second kappa shape index (κ2) is 8.52. The number of nitrogens with two attached hydrogens (primary N) is 1. The van der Waals surface area contributed by atoms with Crippen molar-refractivity contribution in [1.82, 2.24) is 4.90 Å². The molecule has 0 heterocycles. The maximum atomic E-state index is 12.2. The summed E-state index contributed by atoms with van der Waals surface area (Å²) >= 11 is 0. The third kappa shape index (κ3) is 5.38. The molecule has 1 amide bonds. The molecule has 0 spiro atoms. The minimum atomic E-state index is 0.299. The molecule has 1 aliphatic carbocycles. The lowest BCUT2D eigenvalue weighted by molar-refractivity contribution is -0.135. The Labute approximate surface area is 112 Å². The SMILES string of the molecule is CCCC(N)CCCN(C)C(=O)C1CCCCC1. The number of hydrogen-bond acceptors (Lipinski definition) is 2. The second-order valence-electron chi connectivity index (χ2n) is 5.79. The average molecular weight is 254 g/mol. The molecular formula is C15H30N2O. The lowest BCUT2D eigenvalue weighted by Gasteiger charge is -2.26. The molecule has 0 aromatic rings. The van der Waals surface area contributed by atoms with E-state index in [1.54, 1.807) is 0 Å². The molecule has 0 saturated heterocycles. The molecule has 2 N–H and O–H groups in total. The summed E-state index contributed by atoms with van der Waals surface area (Å²) in [5.74, 6) is 0.659. The molecule has 106 valence electrons. The Hall–Kier alpha value is -0.570. The van der Waals surface area contributed by atoms with Crippen LogP contribution in [0.25, 0.3) is 0 Å². The van der Waals surface area contributed by atoms with Crippen LogP contribution in [-0.2, 0) is 4.79 Å². The van der Waals surface area contributed by atoms with Crippen molar-refractivity contribution in [3.8, 4) is 0 Å². The van der Waals surface area contributed by atoms with E-state index < -0.39 is 0 Å². The lowest BCUT2D eigenvalue weighted by atomic mass is 9.88. The molecule has 0 aromatic carbocycles. The summed E-state index contributed by atoms with van der Waals surface area (Å²) in [5.41, 5.74) is 5.99. The number of amides is 1. The van der Waals surface area contributed by atoms with Crippen molar-refractivity contribution in [3.05, 3.63) is 0 Å². The van der Waals surface area contributed by atoms with Crippen LogP contribution in [-0.4, -0.2) is 30.4 Å². The van der Waals surface area contributed by atoms with E-state index in [0.717, 1.165) is 45.1 Å². The van der Waals surface area contributed by atoms with E-state index >= 15 is 0 Å². The van der Waals surface area contributed by atoms with Gasteiger partial charge in [0.1, 0.15) is 0 Å². The Kier molecular flexibility index (Phi) is 7.33. The quantitative estimate of drug-likeness (QED) is 0.759. The first-order chi connectivity index (χ1) is 8.65. The smallest absolute Gasteiger partial charge is 0.225 e. The monoisotopic (exact) mass is 254 g/mol. The minimum absolute atomic E-state index is 0.299. The second-order valence-corrected chi connectivity index (χ2v) is 5.79. The predicted octanol–water partition coefficient (Wildman–Crippen LogP) is 2.93. The highest BCUT2D eigenvalue weighted by atomic mass is 16.2. The van der Waals surface area contributed by atoms with Crippen LogP contribution in [0.15, 0.2) is 0 Å². The molecule has 1 aliphatic rings. The van der Waals surface area contributed by atoms with Gasteiger partial charge in [-0.2, -0.15) is 0 Å². The van der Waals surface area contributed by atoms with E-state index in [2.05, 4.69) is 6.92 Å². The van der Waals surface area contributed by atoms with Crippen LogP contribution < -0.4 is 5.73 Å². The molecule has 0 aromatic heterocycles. The number of carbonyl (C=O) groups is 1. The summed E-state index contributed by atoms with van der Waals surface area (Å²) in [7, 11) is 1.95. The lowest BCUT2D eigenvalue weighted by Crippen LogP contribution is -2.35. The summed E-state index contributed by atoms with van der Waals surface area (Å²) in [5, 5.41) is 0. The van der Waals surface area contributed by atoms with Crippen LogP contribution in [0.5, 0.6) is 0 Å². The first kappa shape index (κ1) is 15.5. The highest BCUT2D eigenvalue weighted by molar-refractivity contribution is 5.78. The Balaban J connectivity index is 2.18. The summed E-state index contributed by atoms with van der Waals surface area (Å²) in [6, 6.07) is 0.313. The highest BCUT2D eigenvalue weighted by Crippen LogP contribution is 2.25. The van der Waals surface area contributed by atoms with Gasteiger partial charge in [-0.05, 0) is 32.1 Å². The highest BCUT2D eigenvalue weighted by Gasteiger charge is 2.23. The van der Waals surface area contributed by atoms with Gasteiger partial charge in [0, 0.05) is 25.6 Å². The number of hydrogen-bond donors (Lipinski definition) is 1. The number of carbonyl (C=O) groups excluding carboxylic acids is 1. The summed E-state index contributed by atoms with van der Waals surface area (Å²) in [6.45, 7) is 3.03. The normalized spacial score (nSPS) is 18.6. The van der Waals surface area contributed by atoms with Crippen molar-refractivity contribution in [2.75, 3.05) is 13.6 Å². The fourth-order valence-corrected chi connectivity index (χ4v) is 2.88. The first-order valence-corrected chi connectivity index (χ1v) is 7.65. The van der Waals surface area contributed by atoms with Gasteiger partial charge in [0.15, 0.2) is 0 Å². The summed E-state index contributed by atoms with van der Waals surface area (Å²) in [6.07, 6.45) is 10.3. The average Bonchev–Trinajstić information content (AvgIpc) is 2.39.